The highest BCUT2D eigenvalue weighted by molar-refractivity contribution is 5.13. The number of nitrogens with one attached hydrogen (secondary N) is 1. The van der Waals surface area contributed by atoms with E-state index in [1.807, 2.05) is 0 Å². The highest BCUT2D eigenvalue weighted by atomic mass is 14.9. The highest BCUT2D eigenvalue weighted by Gasteiger charge is 2.27. The second kappa shape index (κ2) is 1.10. The lowest BCUT2D eigenvalue weighted by atomic mass is 9.86. The third-order valence-electron chi connectivity index (χ3n) is 1.92. The molecule has 0 aromatic heterocycles. The van der Waals surface area contributed by atoms with E-state index in [1.54, 1.807) is 0 Å². The van der Waals surface area contributed by atoms with Crippen LogP contribution in [0.25, 0.3) is 0 Å². The summed E-state index contributed by atoms with van der Waals surface area (Å²) in [5.41, 5.74) is 0. The van der Waals surface area contributed by atoms with Gasteiger partial charge in [0.1, 0.15) is 0 Å². The van der Waals surface area contributed by atoms with Gasteiger partial charge in [-0.05, 0) is 11.8 Å². The van der Waals surface area contributed by atoms with Crippen LogP contribution in [0.5, 0.6) is 0 Å². The third-order valence-corrected chi connectivity index (χ3v) is 1.92. The molecule has 0 aromatic rings. The van der Waals surface area contributed by atoms with Crippen LogP contribution in [0, 0.1) is 11.8 Å². The Morgan fingerprint density at radius 2 is 1.71 bits per heavy atom. The SMILES string of the molecule is C1=C[C@H]2CNC[C@@H]12. The van der Waals surface area contributed by atoms with Gasteiger partial charge in [0.15, 0.2) is 0 Å². The van der Waals surface area contributed by atoms with Gasteiger partial charge in [0.05, 0.1) is 0 Å². The lowest BCUT2D eigenvalue weighted by molar-refractivity contribution is 0.541. The maximum atomic E-state index is 3.32. The van der Waals surface area contributed by atoms with E-state index in [1.165, 1.54) is 13.1 Å². The van der Waals surface area contributed by atoms with Gasteiger partial charge >= 0.3 is 0 Å². The van der Waals surface area contributed by atoms with Crippen LogP contribution < -0.4 is 5.32 Å². The first-order chi connectivity index (χ1) is 3.47. The van der Waals surface area contributed by atoms with E-state index >= 15 is 0 Å². The van der Waals surface area contributed by atoms with Gasteiger partial charge in [-0.25, -0.2) is 0 Å². The predicted octanol–water partition coefficient (Wildman–Crippen LogP) is 0.392. The van der Waals surface area contributed by atoms with Gasteiger partial charge in [0.2, 0.25) is 0 Å². The van der Waals surface area contributed by atoms with Crippen molar-refractivity contribution in [1.82, 2.24) is 5.32 Å². The van der Waals surface area contributed by atoms with Gasteiger partial charge in [-0.15, -0.1) is 0 Å². The Morgan fingerprint density at radius 1 is 1.14 bits per heavy atom. The van der Waals surface area contributed by atoms with Gasteiger partial charge in [-0.3, -0.25) is 0 Å². The molecule has 1 nitrogen and oxygen atoms in total. The summed E-state index contributed by atoms with van der Waals surface area (Å²) in [7, 11) is 0. The molecular weight excluding hydrogens is 86.1 g/mol. The Labute approximate surface area is 43.4 Å². The fourth-order valence-corrected chi connectivity index (χ4v) is 1.28. The summed E-state index contributed by atoms with van der Waals surface area (Å²) in [4.78, 5) is 0. The maximum Gasteiger partial charge on any atom is 0.00206 e. The van der Waals surface area contributed by atoms with E-state index in [-0.39, 0.29) is 0 Å². The zero-order chi connectivity index (χ0) is 4.69. The van der Waals surface area contributed by atoms with Crippen molar-refractivity contribution in [3.63, 3.8) is 0 Å². The molecule has 1 fully saturated rings. The first-order valence-corrected chi connectivity index (χ1v) is 2.86. The highest BCUT2D eigenvalue weighted by Crippen LogP contribution is 2.27. The molecule has 7 heavy (non-hydrogen) atoms. The minimum Gasteiger partial charge on any atom is -0.316 e. The van der Waals surface area contributed by atoms with Crippen molar-refractivity contribution in [3.05, 3.63) is 12.2 Å². The lowest BCUT2D eigenvalue weighted by Crippen LogP contribution is -2.14. The number of rotatable bonds is 0. The quantitative estimate of drug-likeness (QED) is 0.429. The minimum absolute atomic E-state index is 0.903. The van der Waals surface area contributed by atoms with Gasteiger partial charge in [0, 0.05) is 13.1 Å². The summed E-state index contributed by atoms with van der Waals surface area (Å²) in [6.45, 7) is 2.45. The molecule has 0 bridgehead atoms. The average molecular weight is 95.1 g/mol. The molecule has 2 rings (SSSR count). The molecule has 1 aliphatic carbocycles. The summed E-state index contributed by atoms with van der Waals surface area (Å²) < 4.78 is 0. The molecule has 1 N–H and O–H groups in total. The Bertz CT molecular complexity index is 94.7. The van der Waals surface area contributed by atoms with Crippen LogP contribution in [0.1, 0.15) is 0 Å². The fourth-order valence-electron chi connectivity index (χ4n) is 1.28. The van der Waals surface area contributed by atoms with Crippen LogP contribution >= 0.6 is 0 Å². The molecule has 0 saturated carbocycles. The molecule has 38 valence electrons. The fraction of sp³-hybridized carbons (Fsp3) is 0.667. The molecule has 2 aliphatic rings. The molecule has 0 aromatic carbocycles. The van der Waals surface area contributed by atoms with Crippen LogP contribution in [0.15, 0.2) is 12.2 Å². The van der Waals surface area contributed by atoms with Crippen molar-refractivity contribution < 1.29 is 0 Å². The number of hydrogen-bond donors (Lipinski definition) is 1. The molecule has 1 heteroatoms. The molecule has 1 aliphatic heterocycles. The molecule has 0 spiro atoms. The first kappa shape index (κ1) is 3.67. The normalized spacial score (nSPS) is 45.7. The van der Waals surface area contributed by atoms with E-state index < -0.39 is 0 Å². The van der Waals surface area contributed by atoms with E-state index in [0.717, 1.165) is 11.8 Å². The first-order valence-electron chi connectivity index (χ1n) is 2.86. The van der Waals surface area contributed by atoms with Crippen LogP contribution in [0.4, 0.5) is 0 Å². The van der Waals surface area contributed by atoms with Gasteiger partial charge in [-0.1, -0.05) is 12.2 Å². The van der Waals surface area contributed by atoms with E-state index in [9.17, 15) is 0 Å². The molecule has 0 unspecified atom stereocenters. The summed E-state index contributed by atoms with van der Waals surface area (Å²) in [6, 6.07) is 0. The Hall–Kier alpha value is -0.300. The average Bonchev–Trinajstić information content (AvgIpc) is 1.85. The Kier molecular flexibility index (Phi) is 0.577. The monoisotopic (exact) mass is 95.1 g/mol. The zero-order valence-corrected chi connectivity index (χ0v) is 4.22. The van der Waals surface area contributed by atoms with Crippen LogP contribution in [0.2, 0.25) is 0 Å². The van der Waals surface area contributed by atoms with Crippen molar-refractivity contribution in [2.45, 2.75) is 0 Å². The number of hydrogen-bond acceptors (Lipinski definition) is 1. The lowest BCUT2D eigenvalue weighted by Gasteiger charge is -2.18. The van der Waals surface area contributed by atoms with Crippen LogP contribution in [-0.4, -0.2) is 13.1 Å². The predicted molar refractivity (Wildman–Crippen MR) is 29.0 cm³/mol. The van der Waals surface area contributed by atoms with E-state index in [2.05, 4.69) is 17.5 Å². The second-order valence-corrected chi connectivity index (χ2v) is 2.37. The minimum atomic E-state index is 0.903. The number of fused-ring (bicyclic) bond motifs is 1. The van der Waals surface area contributed by atoms with Gasteiger partial charge in [-0.2, -0.15) is 0 Å². The zero-order valence-electron chi connectivity index (χ0n) is 4.22. The van der Waals surface area contributed by atoms with E-state index in [0.29, 0.717) is 0 Å². The molecule has 0 radical (unpaired) electrons. The van der Waals surface area contributed by atoms with Gasteiger partial charge < -0.3 is 5.32 Å². The second-order valence-electron chi connectivity index (χ2n) is 2.37. The largest absolute Gasteiger partial charge is 0.316 e. The topological polar surface area (TPSA) is 12.0 Å². The smallest absolute Gasteiger partial charge is 0.00206 e. The van der Waals surface area contributed by atoms with Crippen molar-refractivity contribution in [1.29, 1.82) is 0 Å². The summed E-state index contributed by atoms with van der Waals surface area (Å²) >= 11 is 0. The summed E-state index contributed by atoms with van der Waals surface area (Å²) in [5, 5.41) is 3.32. The van der Waals surface area contributed by atoms with Crippen LogP contribution in [0.3, 0.4) is 0 Å². The Balaban J connectivity index is 2.17. The summed E-state index contributed by atoms with van der Waals surface area (Å²) in [5.74, 6) is 1.81. The summed E-state index contributed by atoms with van der Waals surface area (Å²) in [6.07, 6.45) is 4.59. The molecule has 1 saturated heterocycles. The van der Waals surface area contributed by atoms with Crippen molar-refractivity contribution >= 4 is 0 Å². The maximum absolute atomic E-state index is 3.32. The molecular formula is C6H9N. The van der Waals surface area contributed by atoms with Crippen molar-refractivity contribution in [3.8, 4) is 0 Å². The molecule has 0 amide bonds. The standard InChI is InChI=1S/C6H9N/c1-2-6-4-7-3-5(1)6/h1-2,5-7H,3-4H2/t5-,6+. The van der Waals surface area contributed by atoms with Crippen LogP contribution in [-0.2, 0) is 0 Å². The Morgan fingerprint density at radius 3 is 2.00 bits per heavy atom. The van der Waals surface area contributed by atoms with Gasteiger partial charge in [0.25, 0.3) is 0 Å². The molecule has 2 atom stereocenters. The van der Waals surface area contributed by atoms with E-state index in [4.69, 9.17) is 0 Å². The van der Waals surface area contributed by atoms with Crippen molar-refractivity contribution in [2.24, 2.45) is 11.8 Å². The third kappa shape index (κ3) is 0.361. The molecule has 1 heterocycles. The van der Waals surface area contributed by atoms with Crippen molar-refractivity contribution in [2.75, 3.05) is 13.1 Å².